The summed E-state index contributed by atoms with van der Waals surface area (Å²) < 4.78 is 62.2. The Kier molecular flexibility index (Phi) is 3.09. The first-order valence-corrected chi connectivity index (χ1v) is 7.29. The maximum Gasteiger partial charge on any atom is 0.315 e. The van der Waals surface area contributed by atoms with Crippen LogP contribution in [0.15, 0.2) is 22.4 Å². The van der Waals surface area contributed by atoms with Crippen LogP contribution in [0, 0.1) is 0 Å². The van der Waals surface area contributed by atoms with Gasteiger partial charge in [0, 0.05) is 0 Å². The van der Waals surface area contributed by atoms with Gasteiger partial charge in [0.1, 0.15) is 6.67 Å². The first kappa shape index (κ1) is 13.5. The molecule has 0 aliphatic rings. The Hall–Kier alpha value is -1.90. The van der Waals surface area contributed by atoms with E-state index in [4.69, 9.17) is 9.11 Å². The number of hydrogen-bond donors (Lipinski definition) is 2. The molecule has 0 atom stereocenters. The van der Waals surface area contributed by atoms with Gasteiger partial charge in [0.2, 0.25) is 10.1 Å². The van der Waals surface area contributed by atoms with Crippen LogP contribution in [-0.4, -0.2) is 55.9 Å². The molecule has 2 heterocycles. The van der Waals surface area contributed by atoms with Crippen molar-refractivity contribution in [3.63, 3.8) is 0 Å². The van der Waals surface area contributed by atoms with Crippen LogP contribution in [-0.2, 0) is 26.9 Å². The third-order valence-electron chi connectivity index (χ3n) is 1.85. The smallest absolute Gasteiger partial charge is 0.281 e. The van der Waals surface area contributed by atoms with Gasteiger partial charge in [-0.1, -0.05) is 10.4 Å². The van der Waals surface area contributed by atoms with Gasteiger partial charge in [0.15, 0.2) is 0 Å². The summed E-state index contributed by atoms with van der Waals surface area (Å²) in [5, 5.41) is 11.8. The van der Waals surface area contributed by atoms with Crippen molar-refractivity contribution < 1.29 is 25.9 Å². The molecule has 2 rings (SSSR count). The van der Waals surface area contributed by atoms with E-state index in [1.165, 1.54) is 0 Å². The molecule has 0 unspecified atom stereocenters. The van der Waals surface area contributed by atoms with E-state index >= 15 is 0 Å². The first-order valence-electron chi connectivity index (χ1n) is 4.41. The number of nitrogens with zero attached hydrogens (tertiary/aromatic N) is 6. The van der Waals surface area contributed by atoms with E-state index < -0.39 is 30.3 Å². The van der Waals surface area contributed by atoms with Crippen LogP contribution in [0.3, 0.4) is 0 Å². The molecule has 2 aromatic heterocycles. The normalized spacial score (nSPS) is 12.7. The molecule has 0 aromatic carbocycles. The summed E-state index contributed by atoms with van der Waals surface area (Å²) in [5.74, 6) is 0. The SMILES string of the molecule is O=S(=O)(O)c1cn(Cn2cc(S(=O)(=O)O)nn2)nn1. The highest BCUT2D eigenvalue weighted by Crippen LogP contribution is 2.04. The van der Waals surface area contributed by atoms with Crippen molar-refractivity contribution in [1.82, 2.24) is 30.0 Å². The molecular formula is C5H6N6O6S2. The van der Waals surface area contributed by atoms with Crippen molar-refractivity contribution in [3.8, 4) is 0 Å². The van der Waals surface area contributed by atoms with Gasteiger partial charge in [-0.25, -0.2) is 9.36 Å². The topological polar surface area (TPSA) is 170 Å². The predicted octanol–water partition coefficient (Wildman–Crippen LogP) is -2.13. The fraction of sp³-hybridized carbons (Fsp3) is 0.200. The highest BCUT2D eigenvalue weighted by Gasteiger charge is 2.17. The standard InChI is InChI=1S/C5H6N6O6S2/c12-18(13,14)4-1-10(8-6-4)3-11-2-5(7-9-11)19(15,16)17/h1-2H,3H2,(H,12,13,14)(H,15,16,17). The maximum absolute atomic E-state index is 10.7. The molecule has 0 amide bonds. The monoisotopic (exact) mass is 310 g/mol. The molecule has 2 N–H and O–H groups in total. The van der Waals surface area contributed by atoms with Gasteiger partial charge in [-0.2, -0.15) is 16.8 Å². The summed E-state index contributed by atoms with van der Waals surface area (Å²) >= 11 is 0. The van der Waals surface area contributed by atoms with Crippen molar-refractivity contribution in [2.45, 2.75) is 16.7 Å². The first-order chi connectivity index (χ1) is 8.66. The van der Waals surface area contributed by atoms with E-state index in [0.717, 1.165) is 21.8 Å². The van der Waals surface area contributed by atoms with E-state index in [1.807, 2.05) is 0 Å². The fourth-order valence-electron chi connectivity index (χ4n) is 1.08. The number of rotatable bonds is 4. The van der Waals surface area contributed by atoms with E-state index in [9.17, 15) is 16.8 Å². The zero-order valence-corrected chi connectivity index (χ0v) is 10.5. The molecule has 0 spiro atoms. The van der Waals surface area contributed by atoms with Crippen molar-refractivity contribution in [3.05, 3.63) is 12.4 Å². The molecule has 14 heteroatoms. The van der Waals surface area contributed by atoms with Gasteiger partial charge in [-0.3, -0.25) is 9.11 Å². The summed E-state index contributed by atoms with van der Waals surface area (Å²) in [6.45, 7) is -0.217. The van der Waals surface area contributed by atoms with Crippen LogP contribution in [0.5, 0.6) is 0 Å². The minimum absolute atomic E-state index is 0.217. The fourth-order valence-corrected chi connectivity index (χ4v) is 1.87. The zero-order valence-electron chi connectivity index (χ0n) is 8.89. The molecule has 0 radical (unpaired) electrons. The minimum atomic E-state index is -4.47. The van der Waals surface area contributed by atoms with Crippen molar-refractivity contribution >= 4 is 20.2 Å². The molecule has 0 aliphatic carbocycles. The lowest BCUT2D eigenvalue weighted by molar-refractivity contribution is 0.477. The van der Waals surface area contributed by atoms with Crippen molar-refractivity contribution in [2.75, 3.05) is 0 Å². The largest absolute Gasteiger partial charge is 0.315 e. The second kappa shape index (κ2) is 4.34. The molecule has 2 aromatic rings. The molecule has 19 heavy (non-hydrogen) atoms. The third-order valence-corrected chi connectivity index (χ3v) is 3.28. The molecule has 0 aliphatic heterocycles. The van der Waals surface area contributed by atoms with Crippen molar-refractivity contribution in [1.29, 1.82) is 0 Å². The number of aromatic nitrogens is 6. The molecule has 104 valence electrons. The molecular weight excluding hydrogens is 304 g/mol. The Morgan fingerprint density at radius 3 is 1.53 bits per heavy atom. The summed E-state index contributed by atoms with van der Waals surface area (Å²) in [5.41, 5.74) is 0. The molecule has 0 saturated carbocycles. The van der Waals surface area contributed by atoms with Gasteiger partial charge in [-0.15, -0.1) is 10.2 Å². The molecule has 0 fully saturated rings. The average molecular weight is 310 g/mol. The van der Waals surface area contributed by atoms with Gasteiger partial charge < -0.3 is 0 Å². The Labute approximate surface area is 106 Å². The van der Waals surface area contributed by atoms with E-state index in [1.54, 1.807) is 0 Å². The van der Waals surface area contributed by atoms with E-state index in [2.05, 4.69) is 20.6 Å². The minimum Gasteiger partial charge on any atom is -0.281 e. The Morgan fingerprint density at radius 2 is 1.26 bits per heavy atom. The van der Waals surface area contributed by atoms with E-state index in [-0.39, 0.29) is 6.67 Å². The van der Waals surface area contributed by atoms with E-state index in [0.29, 0.717) is 0 Å². The quantitative estimate of drug-likeness (QED) is 0.594. The summed E-state index contributed by atoms with van der Waals surface area (Å²) in [6, 6.07) is 0. The van der Waals surface area contributed by atoms with Crippen LogP contribution in [0.25, 0.3) is 0 Å². The number of hydrogen-bond acceptors (Lipinski definition) is 8. The maximum atomic E-state index is 10.7. The second-order valence-corrected chi connectivity index (χ2v) is 6.02. The molecule has 0 saturated heterocycles. The Balaban J connectivity index is 2.23. The zero-order chi connectivity index (χ0) is 14.3. The van der Waals surface area contributed by atoms with Crippen LogP contribution in [0.4, 0.5) is 0 Å². The van der Waals surface area contributed by atoms with Crippen LogP contribution in [0.1, 0.15) is 0 Å². The predicted molar refractivity (Wildman–Crippen MR) is 55.1 cm³/mol. The highest BCUT2D eigenvalue weighted by molar-refractivity contribution is 7.86. The highest BCUT2D eigenvalue weighted by atomic mass is 32.2. The Bertz CT molecular complexity index is 735. The van der Waals surface area contributed by atoms with Crippen LogP contribution < -0.4 is 0 Å². The van der Waals surface area contributed by atoms with Gasteiger partial charge in [0.05, 0.1) is 12.4 Å². The molecule has 0 bridgehead atoms. The Morgan fingerprint density at radius 1 is 0.895 bits per heavy atom. The summed E-state index contributed by atoms with van der Waals surface area (Å²) in [7, 11) is -8.94. The van der Waals surface area contributed by atoms with Gasteiger partial charge in [-0.05, 0) is 0 Å². The van der Waals surface area contributed by atoms with Crippen LogP contribution >= 0.6 is 0 Å². The van der Waals surface area contributed by atoms with Gasteiger partial charge in [0.25, 0.3) is 0 Å². The summed E-state index contributed by atoms with van der Waals surface area (Å²) in [6.07, 6.45) is 1.81. The lowest BCUT2D eigenvalue weighted by Crippen LogP contribution is -2.09. The average Bonchev–Trinajstić information content (AvgIpc) is 2.84. The van der Waals surface area contributed by atoms with Crippen LogP contribution in [0.2, 0.25) is 0 Å². The third kappa shape index (κ3) is 3.11. The van der Waals surface area contributed by atoms with Crippen molar-refractivity contribution in [2.24, 2.45) is 0 Å². The lowest BCUT2D eigenvalue weighted by Gasteiger charge is -1.97. The van der Waals surface area contributed by atoms with Gasteiger partial charge >= 0.3 is 20.2 Å². The summed E-state index contributed by atoms with van der Waals surface area (Å²) in [4.78, 5) is 0. The lowest BCUT2D eigenvalue weighted by atomic mass is 10.8. The molecule has 12 nitrogen and oxygen atoms in total. The second-order valence-electron chi connectivity index (χ2n) is 3.28.